The molecule has 3 rings (SSSR count). The fourth-order valence-electron chi connectivity index (χ4n) is 3.81. The number of rotatable bonds is 4. The van der Waals surface area contributed by atoms with Gasteiger partial charge in [0, 0.05) is 33.4 Å². The number of hydrogen-bond donors (Lipinski definition) is 0. The molecule has 2 saturated heterocycles. The number of aryl methyl sites for hydroxylation is 1. The summed E-state index contributed by atoms with van der Waals surface area (Å²) in [6.07, 6.45) is 7.01. The molecular weight excluding hydrogens is 330 g/mol. The number of amides is 2. The molecule has 0 aromatic carbocycles. The summed E-state index contributed by atoms with van der Waals surface area (Å²) in [6, 6.07) is 0.0533. The predicted octanol–water partition coefficient (Wildman–Crippen LogP) is 1.64. The zero-order valence-corrected chi connectivity index (χ0v) is 16.1. The highest BCUT2D eigenvalue weighted by Crippen LogP contribution is 2.29. The number of carbonyl (C=O) groups is 2. The summed E-state index contributed by atoms with van der Waals surface area (Å²) < 4.78 is 0. The first kappa shape index (κ1) is 18.8. The van der Waals surface area contributed by atoms with Crippen molar-refractivity contribution >= 4 is 11.8 Å². The largest absolute Gasteiger partial charge is 0.345 e. The van der Waals surface area contributed by atoms with Crippen LogP contribution in [0.5, 0.6) is 0 Å². The number of carbonyl (C=O) groups excluding carboxylic acids is 2. The number of aromatic nitrogens is 2. The first-order valence-electron chi connectivity index (χ1n) is 9.54. The smallest absolute Gasteiger partial charge is 0.256 e. The van der Waals surface area contributed by atoms with E-state index in [4.69, 9.17) is 0 Å². The van der Waals surface area contributed by atoms with Crippen LogP contribution < -0.4 is 0 Å². The molecule has 0 radical (unpaired) electrons. The van der Waals surface area contributed by atoms with Crippen LogP contribution >= 0.6 is 0 Å². The number of nitrogens with zero attached hydrogens (tertiary/aromatic N) is 5. The lowest BCUT2D eigenvalue weighted by Crippen LogP contribution is -2.43. The Morgan fingerprint density at radius 2 is 1.85 bits per heavy atom. The summed E-state index contributed by atoms with van der Waals surface area (Å²) in [5.41, 5.74) is 1.24. The first-order chi connectivity index (χ1) is 12.5. The monoisotopic (exact) mass is 359 g/mol. The van der Waals surface area contributed by atoms with Crippen molar-refractivity contribution in [3.8, 4) is 0 Å². The topological polar surface area (TPSA) is 69.6 Å². The van der Waals surface area contributed by atoms with Gasteiger partial charge in [-0.3, -0.25) is 14.5 Å². The summed E-state index contributed by atoms with van der Waals surface area (Å²) in [5, 5.41) is 0. The second kappa shape index (κ2) is 8.12. The Morgan fingerprint density at radius 3 is 2.50 bits per heavy atom. The Kier molecular flexibility index (Phi) is 5.86. The van der Waals surface area contributed by atoms with Crippen molar-refractivity contribution in [3.63, 3.8) is 0 Å². The third-order valence-electron chi connectivity index (χ3n) is 5.34. The van der Waals surface area contributed by atoms with Crippen molar-refractivity contribution in [3.05, 3.63) is 23.3 Å². The zero-order chi connectivity index (χ0) is 18.7. The molecule has 0 saturated carbocycles. The predicted molar refractivity (Wildman–Crippen MR) is 98.8 cm³/mol. The normalized spacial score (nSPS) is 21.0. The summed E-state index contributed by atoms with van der Waals surface area (Å²) >= 11 is 0. The van der Waals surface area contributed by atoms with E-state index in [1.54, 1.807) is 20.3 Å². The Hall–Kier alpha value is -2.02. The third-order valence-corrected chi connectivity index (χ3v) is 5.34. The minimum atomic E-state index is -0.0845. The van der Waals surface area contributed by atoms with Gasteiger partial charge in [-0.1, -0.05) is 6.42 Å². The molecule has 7 nitrogen and oxygen atoms in total. The Bertz CT molecular complexity index is 670. The van der Waals surface area contributed by atoms with Crippen molar-refractivity contribution in [2.24, 2.45) is 0 Å². The van der Waals surface area contributed by atoms with Crippen LogP contribution in [0.1, 0.15) is 60.0 Å². The molecule has 142 valence electrons. The van der Waals surface area contributed by atoms with Gasteiger partial charge >= 0.3 is 0 Å². The molecule has 2 aliphatic rings. The number of piperidine rings is 1. The number of hydrogen-bond acceptors (Lipinski definition) is 5. The molecule has 2 fully saturated rings. The van der Waals surface area contributed by atoms with Crippen molar-refractivity contribution < 1.29 is 9.59 Å². The average molecular weight is 359 g/mol. The van der Waals surface area contributed by atoms with Gasteiger partial charge < -0.3 is 9.80 Å². The van der Waals surface area contributed by atoms with E-state index in [2.05, 4.69) is 14.9 Å². The maximum Gasteiger partial charge on any atom is 0.256 e. The summed E-state index contributed by atoms with van der Waals surface area (Å²) in [5.74, 6) is 0.857. The Morgan fingerprint density at radius 1 is 1.15 bits per heavy atom. The van der Waals surface area contributed by atoms with E-state index in [9.17, 15) is 9.59 Å². The van der Waals surface area contributed by atoms with Gasteiger partial charge in [-0.05, 0) is 39.2 Å². The highest BCUT2D eigenvalue weighted by Gasteiger charge is 2.30. The zero-order valence-electron chi connectivity index (χ0n) is 16.1. The molecule has 0 spiro atoms. The van der Waals surface area contributed by atoms with E-state index < -0.39 is 0 Å². The van der Waals surface area contributed by atoms with Crippen LogP contribution in [0, 0.1) is 6.92 Å². The molecule has 3 heterocycles. The van der Waals surface area contributed by atoms with Gasteiger partial charge in [-0.15, -0.1) is 0 Å². The van der Waals surface area contributed by atoms with Gasteiger partial charge in [0.15, 0.2) is 0 Å². The van der Waals surface area contributed by atoms with Crippen LogP contribution in [0.15, 0.2) is 6.20 Å². The van der Waals surface area contributed by atoms with Crippen LogP contribution in [0.3, 0.4) is 0 Å². The minimum absolute atomic E-state index is 0.0533. The van der Waals surface area contributed by atoms with E-state index in [1.807, 2.05) is 11.8 Å². The first-order valence-corrected chi connectivity index (χ1v) is 9.54. The lowest BCUT2D eigenvalue weighted by atomic mass is 10.0. The molecular formula is C19H29N5O2. The molecule has 2 aliphatic heterocycles. The summed E-state index contributed by atoms with van der Waals surface area (Å²) in [7, 11) is 3.45. The van der Waals surface area contributed by atoms with Crippen molar-refractivity contribution in [2.75, 3.05) is 40.3 Å². The summed E-state index contributed by atoms with van der Waals surface area (Å²) in [6.45, 7) is 4.95. The van der Waals surface area contributed by atoms with Crippen molar-refractivity contribution in [1.82, 2.24) is 24.7 Å². The molecule has 0 N–H and O–H groups in total. The van der Waals surface area contributed by atoms with Gasteiger partial charge in [0.25, 0.3) is 5.91 Å². The molecule has 1 atom stereocenters. The molecule has 0 aliphatic carbocycles. The van der Waals surface area contributed by atoms with E-state index in [0.29, 0.717) is 17.8 Å². The van der Waals surface area contributed by atoms with E-state index in [-0.39, 0.29) is 17.9 Å². The average Bonchev–Trinajstić information content (AvgIpc) is 3.16. The molecule has 0 unspecified atom stereocenters. The molecule has 2 amide bonds. The number of likely N-dealkylation sites (tertiary alicyclic amines) is 2. The SMILES string of the molecule is Cc1nc([C@@H]2CCCCN2CC(=O)N2CCCC2)ncc1C(=O)N(C)C. The van der Waals surface area contributed by atoms with Crippen LogP contribution in [0.4, 0.5) is 0 Å². The van der Waals surface area contributed by atoms with Gasteiger partial charge in [0.1, 0.15) is 5.82 Å². The second-order valence-electron chi connectivity index (χ2n) is 7.50. The van der Waals surface area contributed by atoms with E-state index >= 15 is 0 Å². The van der Waals surface area contributed by atoms with Gasteiger partial charge in [-0.25, -0.2) is 9.97 Å². The maximum atomic E-state index is 12.6. The second-order valence-corrected chi connectivity index (χ2v) is 7.50. The maximum absolute atomic E-state index is 12.6. The van der Waals surface area contributed by atoms with Crippen molar-refractivity contribution in [2.45, 2.75) is 45.1 Å². The molecule has 1 aromatic heterocycles. The van der Waals surface area contributed by atoms with Crippen LogP contribution in [0.2, 0.25) is 0 Å². The molecule has 7 heteroatoms. The standard InChI is InChI=1S/C19H29N5O2/c1-14-15(19(26)22(2)3)12-20-18(21-14)16-8-4-5-11-24(16)13-17(25)23-9-6-7-10-23/h12,16H,4-11,13H2,1-3H3/t16-/m0/s1. The van der Waals surface area contributed by atoms with Crippen LogP contribution in [-0.4, -0.2) is 76.8 Å². The van der Waals surface area contributed by atoms with E-state index in [1.165, 1.54) is 4.90 Å². The molecule has 0 bridgehead atoms. The Labute approximate surface area is 155 Å². The van der Waals surface area contributed by atoms with Gasteiger partial charge in [-0.2, -0.15) is 0 Å². The van der Waals surface area contributed by atoms with Gasteiger partial charge in [0.05, 0.1) is 23.8 Å². The fraction of sp³-hybridized carbons (Fsp3) is 0.684. The Balaban J connectivity index is 1.75. The minimum Gasteiger partial charge on any atom is -0.345 e. The quantitative estimate of drug-likeness (QED) is 0.817. The lowest BCUT2D eigenvalue weighted by molar-refractivity contribution is -0.132. The fourth-order valence-corrected chi connectivity index (χ4v) is 3.81. The van der Waals surface area contributed by atoms with Crippen LogP contribution in [0.25, 0.3) is 0 Å². The van der Waals surface area contributed by atoms with E-state index in [0.717, 1.165) is 57.6 Å². The summed E-state index contributed by atoms with van der Waals surface area (Å²) in [4.78, 5) is 39.6. The molecule has 26 heavy (non-hydrogen) atoms. The molecule has 1 aromatic rings. The van der Waals surface area contributed by atoms with Gasteiger partial charge in [0.2, 0.25) is 5.91 Å². The lowest BCUT2D eigenvalue weighted by Gasteiger charge is -2.35. The third kappa shape index (κ3) is 4.03. The van der Waals surface area contributed by atoms with Crippen LogP contribution in [-0.2, 0) is 4.79 Å². The highest BCUT2D eigenvalue weighted by molar-refractivity contribution is 5.94. The van der Waals surface area contributed by atoms with Crippen molar-refractivity contribution in [1.29, 1.82) is 0 Å². The highest BCUT2D eigenvalue weighted by atomic mass is 16.2.